The topological polar surface area (TPSA) is 65.7 Å². The first-order valence-corrected chi connectivity index (χ1v) is 10.2. The molecule has 0 spiro atoms. The van der Waals surface area contributed by atoms with Gasteiger partial charge in [-0.25, -0.2) is 4.99 Å². The van der Waals surface area contributed by atoms with Gasteiger partial charge in [0.15, 0.2) is 5.84 Å². The van der Waals surface area contributed by atoms with Crippen LogP contribution in [0.3, 0.4) is 0 Å². The van der Waals surface area contributed by atoms with Crippen LogP contribution in [0.2, 0.25) is 0 Å². The van der Waals surface area contributed by atoms with Crippen LogP contribution in [-0.4, -0.2) is 62.1 Å². The van der Waals surface area contributed by atoms with E-state index in [9.17, 15) is 13.2 Å². The van der Waals surface area contributed by atoms with Gasteiger partial charge in [0.2, 0.25) is 0 Å². The van der Waals surface area contributed by atoms with Gasteiger partial charge >= 0.3 is 6.18 Å². The van der Waals surface area contributed by atoms with Gasteiger partial charge in [0.25, 0.3) is 0 Å². The van der Waals surface area contributed by atoms with E-state index in [0.717, 1.165) is 36.2 Å². The van der Waals surface area contributed by atoms with Crippen LogP contribution >= 0.6 is 0 Å². The number of anilines is 1. The van der Waals surface area contributed by atoms with Crippen LogP contribution in [0.1, 0.15) is 25.5 Å². The van der Waals surface area contributed by atoms with Gasteiger partial charge < -0.3 is 20.5 Å². The van der Waals surface area contributed by atoms with Crippen molar-refractivity contribution >= 4 is 28.1 Å². The lowest BCUT2D eigenvalue weighted by molar-refractivity contribution is -0.139. The van der Waals surface area contributed by atoms with E-state index in [1.807, 2.05) is 13.1 Å². The molecule has 0 fully saturated rings. The van der Waals surface area contributed by atoms with E-state index < -0.39 is 12.7 Å². The summed E-state index contributed by atoms with van der Waals surface area (Å²) in [7, 11) is 3.71. The summed E-state index contributed by atoms with van der Waals surface area (Å²) < 4.78 is 41.4. The van der Waals surface area contributed by atoms with E-state index in [1.165, 1.54) is 4.57 Å². The summed E-state index contributed by atoms with van der Waals surface area (Å²) >= 11 is 0. The van der Waals surface area contributed by atoms with Crippen molar-refractivity contribution in [2.45, 2.75) is 38.5 Å². The highest BCUT2D eigenvalue weighted by atomic mass is 19.4. The average molecular weight is 422 g/mol. The van der Waals surface area contributed by atoms with Crippen molar-refractivity contribution in [3.63, 3.8) is 0 Å². The number of hydrogen-bond donors (Lipinski definition) is 3. The molecule has 1 atom stereocenters. The molecule has 1 aromatic heterocycles. The second-order valence-corrected chi connectivity index (χ2v) is 7.46. The summed E-state index contributed by atoms with van der Waals surface area (Å²) in [6, 6.07) is 7.43. The Labute approximate surface area is 174 Å². The van der Waals surface area contributed by atoms with Crippen LogP contribution in [0.4, 0.5) is 18.9 Å². The van der Waals surface area contributed by atoms with Gasteiger partial charge in [-0.3, -0.25) is 4.99 Å². The molecular formula is C21H29F3N6. The lowest BCUT2D eigenvalue weighted by atomic mass is 10.1. The minimum atomic E-state index is -4.35. The van der Waals surface area contributed by atoms with Crippen molar-refractivity contribution in [1.82, 2.24) is 15.2 Å². The molecule has 0 amide bonds. The average Bonchev–Trinajstić information content (AvgIpc) is 3.29. The zero-order chi connectivity index (χ0) is 21.7. The number of hydrogen-bond acceptors (Lipinski definition) is 5. The Hall–Kier alpha value is -2.39. The van der Waals surface area contributed by atoms with Crippen LogP contribution < -0.4 is 16.0 Å². The molecule has 0 saturated carbocycles. The number of nitrogens with one attached hydrogen (secondary N) is 3. The number of fused-ring (bicyclic) bond motifs is 1. The second-order valence-electron chi connectivity index (χ2n) is 7.46. The van der Waals surface area contributed by atoms with E-state index in [2.05, 4.69) is 32.9 Å². The maximum atomic E-state index is 13.4. The third-order valence-electron chi connectivity index (χ3n) is 5.16. The molecule has 2 heterocycles. The van der Waals surface area contributed by atoms with E-state index in [1.54, 1.807) is 25.2 Å². The first kappa shape index (κ1) is 22.3. The van der Waals surface area contributed by atoms with E-state index in [0.29, 0.717) is 30.1 Å². The quantitative estimate of drug-likeness (QED) is 0.550. The first-order chi connectivity index (χ1) is 14.4. The number of alkyl halides is 3. The summed E-state index contributed by atoms with van der Waals surface area (Å²) in [5.74, 6) is 0.355. The van der Waals surface area contributed by atoms with Gasteiger partial charge in [0.05, 0.1) is 23.5 Å². The Morgan fingerprint density at radius 3 is 2.67 bits per heavy atom. The Balaban J connectivity index is 2.04. The Morgan fingerprint density at radius 1 is 1.20 bits per heavy atom. The zero-order valence-corrected chi connectivity index (χ0v) is 17.6. The standard InChI is InChI=1S/C21H29F3N6/c1-4-14(8-9-25-2)28-17-6-5-7-18-16(17)10-19(30(18)13-21(22,23)24)20-27-12-15(29-20)11-26-3/h5-7,10,14,25-26,28H,4,8-9,11-13H2,1-3H3. The first-order valence-electron chi connectivity index (χ1n) is 10.2. The number of amidine groups is 1. The highest BCUT2D eigenvalue weighted by molar-refractivity contribution is 6.13. The van der Waals surface area contributed by atoms with E-state index in [4.69, 9.17) is 0 Å². The molecule has 3 N–H and O–H groups in total. The molecule has 1 aliphatic rings. The number of halogens is 3. The van der Waals surface area contributed by atoms with Crippen molar-refractivity contribution in [3.05, 3.63) is 30.0 Å². The summed E-state index contributed by atoms with van der Waals surface area (Å²) in [5, 5.41) is 10.4. The monoisotopic (exact) mass is 422 g/mol. The zero-order valence-electron chi connectivity index (χ0n) is 17.6. The second kappa shape index (κ2) is 9.61. The van der Waals surface area contributed by atoms with Gasteiger partial charge in [0, 0.05) is 23.7 Å². The lowest BCUT2D eigenvalue weighted by Gasteiger charge is -2.19. The SMILES string of the molecule is CCC(CCNC)Nc1cccc2c1cc(C1=NCC(CNC)=N1)n2CC(F)(F)F. The maximum Gasteiger partial charge on any atom is 0.406 e. The third kappa shape index (κ3) is 5.20. The summed E-state index contributed by atoms with van der Waals surface area (Å²) in [6.07, 6.45) is -2.51. The molecule has 0 bridgehead atoms. The highest BCUT2D eigenvalue weighted by Gasteiger charge is 2.31. The van der Waals surface area contributed by atoms with Gasteiger partial charge in [0.1, 0.15) is 6.54 Å². The smallest absolute Gasteiger partial charge is 0.382 e. The Bertz CT molecular complexity index is 929. The fraction of sp³-hybridized carbons (Fsp3) is 0.524. The summed E-state index contributed by atoms with van der Waals surface area (Å²) in [5.41, 5.74) is 2.56. The molecule has 30 heavy (non-hydrogen) atoms. The highest BCUT2D eigenvalue weighted by Crippen LogP contribution is 2.32. The number of benzene rings is 1. The largest absolute Gasteiger partial charge is 0.406 e. The minimum absolute atomic E-state index is 0.224. The number of aliphatic imine (C=N–C) groups is 2. The van der Waals surface area contributed by atoms with Crippen LogP contribution in [-0.2, 0) is 6.54 Å². The van der Waals surface area contributed by atoms with E-state index in [-0.39, 0.29) is 6.04 Å². The molecule has 6 nitrogen and oxygen atoms in total. The molecule has 0 aliphatic carbocycles. The number of rotatable bonds is 10. The number of nitrogens with zero attached hydrogens (tertiary/aromatic N) is 3. The van der Waals surface area contributed by atoms with Crippen LogP contribution in [0.15, 0.2) is 34.3 Å². The molecule has 3 rings (SSSR count). The van der Waals surface area contributed by atoms with Crippen molar-refractivity contribution in [3.8, 4) is 0 Å². The fourth-order valence-corrected chi connectivity index (χ4v) is 3.69. The molecule has 0 radical (unpaired) electrons. The van der Waals surface area contributed by atoms with Crippen molar-refractivity contribution in [1.29, 1.82) is 0 Å². The molecule has 2 aromatic rings. The fourth-order valence-electron chi connectivity index (χ4n) is 3.69. The molecule has 0 saturated heterocycles. The predicted octanol–water partition coefficient (Wildman–Crippen LogP) is 3.42. The molecule has 1 aliphatic heterocycles. The van der Waals surface area contributed by atoms with Gasteiger partial charge in [-0.15, -0.1) is 0 Å². The lowest BCUT2D eigenvalue weighted by Crippen LogP contribution is -2.23. The minimum Gasteiger partial charge on any atom is -0.382 e. The van der Waals surface area contributed by atoms with Gasteiger partial charge in [-0.05, 0) is 51.7 Å². The van der Waals surface area contributed by atoms with Crippen molar-refractivity contribution in [2.24, 2.45) is 9.98 Å². The molecule has 1 unspecified atom stereocenters. The number of aromatic nitrogens is 1. The Morgan fingerprint density at radius 2 is 2.00 bits per heavy atom. The maximum absolute atomic E-state index is 13.4. The van der Waals surface area contributed by atoms with Crippen LogP contribution in [0, 0.1) is 0 Å². The molecule has 1 aromatic carbocycles. The summed E-state index contributed by atoms with van der Waals surface area (Å²) in [6.45, 7) is 2.84. The predicted molar refractivity (Wildman–Crippen MR) is 117 cm³/mol. The van der Waals surface area contributed by atoms with Gasteiger partial charge in [-0.1, -0.05) is 13.0 Å². The van der Waals surface area contributed by atoms with Crippen LogP contribution in [0.5, 0.6) is 0 Å². The van der Waals surface area contributed by atoms with E-state index >= 15 is 0 Å². The third-order valence-corrected chi connectivity index (χ3v) is 5.16. The van der Waals surface area contributed by atoms with Crippen molar-refractivity contribution < 1.29 is 13.2 Å². The Kier molecular flexibility index (Phi) is 7.14. The molecule has 9 heteroatoms. The van der Waals surface area contributed by atoms with Gasteiger partial charge in [-0.2, -0.15) is 13.2 Å². The molecule has 164 valence electrons. The van der Waals surface area contributed by atoms with Crippen LogP contribution in [0.25, 0.3) is 10.9 Å². The summed E-state index contributed by atoms with van der Waals surface area (Å²) in [4.78, 5) is 8.86. The van der Waals surface area contributed by atoms with Crippen molar-refractivity contribution in [2.75, 3.05) is 39.0 Å². The normalized spacial score (nSPS) is 15.4. The molecular weight excluding hydrogens is 393 g/mol.